The second-order valence-electron chi connectivity index (χ2n) is 6.28. The van der Waals surface area contributed by atoms with Crippen molar-refractivity contribution in [3.63, 3.8) is 0 Å². The molecule has 0 bridgehead atoms. The predicted octanol–water partition coefficient (Wildman–Crippen LogP) is 5.04. The SMILES string of the molecule is COc1ccc(N/N=C/c2ccc(OCc3ccc(C)cc3)c(OC)c2)cc1. The van der Waals surface area contributed by atoms with Gasteiger partial charge in [-0.15, -0.1) is 0 Å². The van der Waals surface area contributed by atoms with Gasteiger partial charge in [0.05, 0.1) is 26.1 Å². The molecule has 28 heavy (non-hydrogen) atoms. The van der Waals surface area contributed by atoms with Gasteiger partial charge in [0.2, 0.25) is 0 Å². The summed E-state index contributed by atoms with van der Waals surface area (Å²) in [5.41, 5.74) is 7.11. The van der Waals surface area contributed by atoms with Crippen LogP contribution in [0.3, 0.4) is 0 Å². The third-order valence-electron chi connectivity index (χ3n) is 4.20. The molecule has 0 spiro atoms. The molecular weight excluding hydrogens is 352 g/mol. The number of anilines is 1. The van der Waals surface area contributed by atoms with E-state index in [-0.39, 0.29) is 0 Å². The van der Waals surface area contributed by atoms with Crippen molar-refractivity contribution >= 4 is 11.9 Å². The summed E-state index contributed by atoms with van der Waals surface area (Å²) in [4.78, 5) is 0. The maximum absolute atomic E-state index is 5.91. The molecule has 0 aliphatic heterocycles. The Bertz CT molecular complexity index is 920. The van der Waals surface area contributed by atoms with Crippen molar-refractivity contribution in [1.29, 1.82) is 0 Å². The topological polar surface area (TPSA) is 52.1 Å². The van der Waals surface area contributed by atoms with Gasteiger partial charge in [-0.05, 0) is 60.5 Å². The standard InChI is InChI=1S/C23H24N2O3/c1-17-4-6-18(7-5-17)16-28-22-13-8-19(14-23(22)27-3)15-24-25-20-9-11-21(26-2)12-10-20/h4-15,25H,16H2,1-3H3/b24-15+. The number of methoxy groups -OCH3 is 2. The van der Waals surface area contributed by atoms with Gasteiger partial charge in [-0.2, -0.15) is 5.10 Å². The Kier molecular flexibility index (Phi) is 6.52. The Morgan fingerprint density at radius 3 is 2.29 bits per heavy atom. The van der Waals surface area contributed by atoms with Gasteiger partial charge in [0.15, 0.2) is 11.5 Å². The fourth-order valence-corrected chi connectivity index (χ4v) is 2.58. The molecule has 3 aromatic rings. The van der Waals surface area contributed by atoms with Crippen LogP contribution in [0, 0.1) is 6.92 Å². The van der Waals surface area contributed by atoms with Gasteiger partial charge in [0, 0.05) is 0 Å². The first kappa shape index (κ1) is 19.3. The lowest BCUT2D eigenvalue weighted by molar-refractivity contribution is 0.284. The second-order valence-corrected chi connectivity index (χ2v) is 6.28. The third kappa shape index (κ3) is 5.27. The molecule has 0 atom stereocenters. The normalized spacial score (nSPS) is 10.7. The van der Waals surface area contributed by atoms with E-state index in [2.05, 4.69) is 41.7 Å². The van der Waals surface area contributed by atoms with Crippen molar-refractivity contribution in [2.75, 3.05) is 19.6 Å². The van der Waals surface area contributed by atoms with Crippen molar-refractivity contribution in [3.8, 4) is 17.2 Å². The molecule has 0 amide bonds. The molecule has 5 heteroatoms. The lowest BCUT2D eigenvalue weighted by Crippen LogP contribution is -1.99. The minimum absolute atomic E-state index is 0.489. The summed E-state index contributed by atoms with van der Waals surface area (Å²) in [7, 11) is 3.27. The molecule has 0 aliphatic carbocycles. The van der Waals surface area contributed by atoms with Crippen LogP contribution in [0.2, 0.25) is 0 Å². The Labute approximate surface area is 165 Å². The first-order valence-corrected chi connectivity index (χ1v) is 8.97. The van der Waals surface area contributed by atoms with E-state index < -0.39 is 0 Å². The number of nitrogens with zero attached hydrogens (tertiary/aromatic N) is 1. The van der Waals surface area contributed by atoms with E-state index in [1.165, 1.54) is 5.56 Å². The van der Waals surface area contributed by atoms with Gasteiger partial charge < -0.3 is 14.2 Å². The average molecular weight is 376 g/mol. The zero-order chi connectivity index (χ0) is 19.8. The smallest absolute Gasteiger partial charge is 0.161 e. The van der Waals surface area contributed by atoms with Crippen LogP contribution in [0.4, 0.5) is 5.69 Å². The number of hydrogen-bond donors (Lipinski definition) is 1. The van der Waals surface area contributed by atoms with Crippen LogP contribution in [0.5, 0.6) is 17.2 Å². The highest BCUT2D eigenvalue weighted by atomic mass is 16.5. The molecule has 0 heterocycles. The van der Waals surface area contributed by atoms with Gasteiger partial charge in [-0.1, -0.05) is 29.8 Å². The van der Waals surface area contributed by atoms with Crippen molar-refractivity contribution in [3.05, 3.63) is 83.4 Å². The first-order chi connectivity index (χ1) is 13.7. The van der Waals surface area contributed by atoms with Crippen LogP contribution in [0.25, 0.3) is 0 Å². The minimum Gasteiger partial charge on any atom is -0.497 e. The summed E-state index contributed by atoms with van der Waals surface area (Å²) in [6.07, 6.45) is 1.73. The molecule has 0 saturated heterocycles. The molecule has 5 nitrogen and oxygen atoms in total. The molecule has 0 aliphatic rings. The van der Waals surface area contributed by atoms with Gasteiger partial charge >= 0.3 is 0 Å². The molecule has 0 unspecified atom stereocenters. The Morgan fingerprint density at radius 1 is 0.857 bits per heavy atom. The van der Waals surface area contributed by atoms with Crippen LogP contribution in [0.1, 0.15) is 16.7 Å². The van der Waals surface area contributed by atoms with Gasteiger partial charge in [-0.3, -0.25) is 5.43 Å². The molecule has 0 fully saturated rings. The fraction of sp³-hybridized carbons (Fsp3) is 0.174. The van der Waals surface area contributed by atoms with Gasteiger partial charge in [0.25, 0.3) is 0 Å². The van der Waals surface area contributed by atoms with Crippen molar-refractivity contribution in [1.82, 2.24) is 0 Å². The zero-order valence-electron chi connectivity index (χ0n) is 16.3. The first-order valence-electron chi connectivity index (χ1n) is 8.97. The Balaban J connectivity index is 1.62. The molecule has 1 N–H and O–H groups in total. The number of rotatable bonds is 8. The number of ether oxygens (including phenoxy) is 3. The summed E-state index contributed by atoms with van der Waals surface area (Å²) in [5.74, 6) is 2.17. The highest BCUT2D eigenvalue weighted by Crippen LogP contribution is 2.28. The molecule has 0 radical (unpaired) electrons. The highest BCUT2D eigenvalue weighted by Gasteiger charge is 2.06. The van der Waals surface area contributed by atoms with E-state index >= 15 is 0 Å². The van der Waals surface area contributed by atoms with Crippen LogP contribution >= 0.6 is 0 Å². The third-order valence-corrected chi connectivity index (χ3v) is 4.20. The molecular formula is C23H24N2O3. The van der Waals surface area contributed by atoms with Crippen molar-refractivity contribution in [2.24, 2.45) is 5.10 Å². The average Bonchev–Trinajstić information content (AvgIpc) is 2.74. The quantitative estimate of drug-likeness (QED) is 0.442. The summed E-state index contributed by atoms with van der Waals surface area (Å²) in [5, 5.41) is 4.26. The lowest BCUT2D eigenvalue weighted by atomic mass is 10.2. The molecule has 3 aromatic carbocycles. The van der Waals surface area contributed by atoms with E-state index in [9.17, 15) is 0 Å². The summed E-state index contributed by atoms with van der Waals surface area (Å²) < 4.78 is 16.5. The summed E-state index contributed by atoms with van der Waals surface area (Å²) in [6.45, 7) is 2.56. The number of hydrazone groups is 1. The molecule has 144 valence electrons. The van der Waals surface area contributed by atoms with E-state index in [1.807, 2.05) is 42.5 Å². The molecule has 3 rings (SSSR count). The van der Waals surface area contributed by atoms with Crippen molar-refractivity contribution < 1.29 is 14.2 Å². The number of aryl methyl sites for hydroxylation is 1. The van der Waals surface area contributed by atoms with Crippen LogP contribution in [0.15, 0.2) is 71.8 Å². The highest BCUT2D eigenvalue weighted by molar-refractivity contribution is 5.81. The largest absolute Gasteiger partial charge is 0.497 e. The summed E-state index contributed by atoms with van der Waals surface area (Å²) >= 11 is 0. The van der Waals surface area contributed by atoms with E-state index in [0.717, 1.165) is 22.6 Å². The molecule has 0 aromatic heterocycles. The second kappa shape index (κ2) is 9.46. The predicted molar refractivity (Wildman–Crippen MR) is 113 cm³/mol. The van der Waals surface area contributed by atoms with Crippen molar-refractivity contribution in [2.45, 2.75) is 13.5 Å². The van der Waals surface area contributed by atoms with E-state index in [0.29, 0.717) is 18.1 Å². The summed E-state index contributed by atoms with van der Waals surface area (Å²) in [6, 6.07) is 21.6. The van der Waals surface area contributed by atoms with Gasteiger partial charge in [0.1, 0.15) is 12.4 Å². The zero-order valence-corrected chi connectivity index (χ0v) is 16.3. The minimum atomic E-state index is 0.489. The van der Waals surface area contributed by atoms with Crippen LogP contribution < -0.4 is 19.6 Å². The van der Waals surface area contributed by atoms with Crippen LogP contribution in [-0.2, 0) is 6.61 Å². The Hall–Kier alpha value is -3.47. The Morgan fingerprint density at radius 2 is 1.61 bits per heavy atom. The number of nitrogens with one attached hydrogen (secondary N) is 1. The monoisotopic (exact) mass is 376 g/mol. The number of hydrogen-bond acceptors (Lipinski definition) is 5. The molecule has 0 saturated carbocycles. The van der Waals surface area contributed by atoms with Crippen LogP contribution in [-0.4, -0.2) is 20.4 Å². The van der Waals surface area contributed by atoms with E-state index in [4.69, 9.17) is 14.2 Å². The maximum Gasteiger partial charge on any atom is 0.161 e. The fourth-order valence-electron chi connectivity index (χ4n) is 2.58. The van der Waals surface area contributed by atoms with Gasteiger partial charge in [-0.25, -0.2) is 0 Å². The maximum atomic E-state index is 5.91. The lowest BCUT2D eigenvalue weighted by Gasteiger charge is -2.11. The van der Waals surface area contributed by atoms with E-state index in [1.54, 1.807) is 20.4 Å². The number of benzene rings is 3.